The van der Waals surface area contributed by atoms with Crippen LogP contribution in [0, 0.1) is 5.41 Å². The molecule has 1 saturated heterocycles. The predicted octanol–water partition coefficient (Wildman–Crippen LogP) is 2.16. The van der Waals surface area contributed by atoms with Crippen molar-refractivity contribution in [3.05, 3.63) is 0 Å². The fourth-order valence-corrected chi connectivity index (χ4v) is 2.23. The van der Waals surface area contributed by atoms with Gasteiger partial charge in [-0.15, -0.1) is 0 Å². The molecule has 1 aliphatic rings. The van der Waals surface area contributed by atoms with Gasteiger partial charge in [0.15, 0.2) is 0 Å². The first-order valence-corrected chi connectivity index (χ1v) is 7.03. The summed E-state index contributed by atoms with van der Waals surface area (Å²) in [6, 6.07) is 0.0109. The zero-order valence-corrected chi connectivity index (χ0v) is 12.5. The van der Waals surface area contributed by atoms with Crippen LogP contribution in [0.2, 0.25) is 0 Å². The first-order valence-electron chi connectivity index (χ1n) is 7.03. The lowest BCUT2D eigenvalue weighted by Gasteiger charge is -2.34. The lowest BCUT2D eigenvalue weighted by atomic mass is 9.91. The minimum absolute atomic E-state index is 0.00139. The van der Waals surface area contributed by atoms with Gasteiger partial charge in [-0.3, -0.25) is 4.79 Å². The molecule has 1 aliphatic heterocycles. The molecule has 2 amide bonds. The van der Waals surface area contributed by atoms with E-state index in [1.165, 1.54) is 0 Å². The fourth-order valence-electron chi connectivity index (χ4n) is 2.23. The maximum Gasteiger partial charge on any atom is 0.407 e. The molecule has 0 aromatic rings. The third kappa shape index (κ3) is 5.94. The van der Waals surface area contributed by atoms with Gasteiger partial charge in [0.25, 0.3) is 0 Å². The van der Waals surface area contributed by atoms with Crippen molar-refractivity contribution in [3.63, 3.8) is 0 Å². The molecule has 0 aliphatic carbocycles. The molecule has 0 saturated carbocycles. The minimum atomic E-state index is -0.391. The van der Waals surface area contributed by atoms with E-state index in [1.807, 2.05) is 4.90 Å². The molecule has 0 aromatic heterocycles. The number of likely N-dealkylation sites (tertiary alicyclic amines) is 1. The Kier molecular flexibility index (Phi) is 5.63. The van der Waals surface area contributed by atoms with Gasteiger partial charge in [0.1, 0.15) is 0 Å². The molecule has 0 radical (unpaired) electrons. The van der Waals surface area contributed by atoms with Gasteiger partial charge in [-0.2, -0.15) is 0 Å². The maximum absolute atomic E-state index is 12.2. The van der Waals surface area contributed by atoms with Gasteiger partial charge in [0, 0.05) is 25.6 Å². The number of ether oxygens (including phenoxy) is 1. The molecule has 0 bridgehead atoms. The van der Waals surface area contributed by atoms with E-state index in [1.54, 1.807) is 6.92 Å². The Labute approximate surface area is 115 Å². The van der Waals surface area contributed by atoms with Crippen molar-refractivity contribution in [1.82, 2.24) is 10.2 Å². The van der Waals surface area contributed by atoms with Crippen LogP contribution in [-0.2, 0) is 9.53 Å². The number of alkyl carbamates (subject to hydrolysis) is 1. The van der Waals surface area contributed by atoms with E-state index in [4.69, 9.17) is 4.74 Å². The highest BCUT2D eigenvalue weighted by Crippen LogP contribution is 2.21. The van der Waals surface area contributed by atoms with Crippen molar-refractivity contribution >= 4 is 12.0 Å². The van der Waals surface area contributed by atoms with Crippen molar-refractivity contribution in [2.75, 3.05) is 19.7 Å². The molecule has 1 atom stereocenters. The maximum atomic E-state index is 12.2. The number of nitrogens with zero attached hydrogens (tertiary/aromatic N) is 1. The number of rotatable bonds is 3. The van der Waals surface area contributed by atoms with Gasteiger partial charge in [0.2, 0.25) is 5.91 Å². The molecule has 5 nitrogen and oxygen atoms in total. The number of nitrogens with one attached hydrogen (secondary N) is 1. The van der Waals surface area contributed by atoms with Crippen LogP contribution in [0.3, 0.4) is 0 Å². The third-order valence-corrected chi connectivity index (χ3v) is 3.05. The number of amides is 2. The SMILES string of the molecule is CCOC(=O)N[C@@H]1CCCN(C(=O)CC(C)(C)C)C1. The van der Waals surface area contributed by atoms with Crippen LogP contribution in [0.25, 0.3) is 0 Å². The van der Waals surface area contributed by atoms with Gasteiger partial charge in [-0.1, -0.05) is 20.8 Å². The molecule has 1 heterocycles. The quantitative estimate of drug-likeness (QED) is 0.855. The highest BCUT2D eigenvalue weighted by atomic mass is 16.5. The monoisotopic (exact) mass is 270 g/mol. The summed E-state index contributed by atoms with van der Waals surface area (Å²) in [6.07, 6.45) is 1.97. The lowest BCUT2D eigenvalue weighted by molar-refractivity contribution is -0.134. The molecule has 0 unspecified atom stereocenters. The van der Waals surface area contributed by atoms with E-state index in [-0.39, 0.29) is 17.4 Å². The second-order valence-electron chi connectivity index (χ2n) is 6.28. The smallest absolute Gasteiger partial charge is 0.407 e. The van der Waals surface area contributed by atoms with Crippen LogP contribution in [0.1, 0.15) is 47.0 Å². The molecule has 19 heavy (non-hydrogen) atoms. The molecule has 0 spiro atoms. The topological polar surface area (TPSA) is 58.6 Å². The van der Waals surface area contributed by atoms with Crippen molar-refractivity contribution in [2.45, 2.75) is 53.0 Å². The molecule has 0 aromatic carbocycles. The summed E-state index contributed by atoms with van der Waals surface area (Å²) in [5.74, 6) is 0.169. The van der Waals surface area contributed by atoms with Crippen LogP contribution in [-0.4, -0.2) is 42.6 Å². The van der Waals surface area contributed by atoms with Crippen molar-refractivity contribution in [2.24, 2.45) is 5.41 Å². The number of hydrogen-bond acceptors (Lipinski definition) is 3. The minimum Gasteiger partial charge on any atom is -0.450 e. The Morgan fingerprint density at radius 3 is 2.63 bits per heavy atom. The first-order chi connectivity index (χ1) is 8.81. The van der Waals surface area contributed by atoms with E-state index in [0.29, 0.717) is 19.6 Å². The molecule has 1 N–H and O–H groups in total. The summed E-state index contributed by atoms with van der Waals surface area (Å²) in [4.78, 5) is 25.4. The zero-order chi connectivity index (χ0) is 14.5. The first kappa shape index (κ1) is 15.8. The summed E-state index contributed by atoms with van der Waals surface area (Å²) in [5, 5.41) is 2.81. The highest BCUT2D eigenvalue weighted by Gasteiger charge is 2.27. The largest absolute Gasteiger partial charge is 0.450 e. The number of hydrogen-bond donors (Lipinski definition) is 1. The van der Waals surface area contributed by atoms with Gasteiger partial charge in [0.05, 0.1) is 6.61 Å². The zero-order valence-electron chi connectivity index (χ0n) is 12.5. The standard InChI is InChI=1S/C14H26N2O3/c1-5-19-13(18)15-11-7-6-8-16(10-11)12(17)9-14(2,3)4/h11H,5-10H2,1-4H3,(H,15,18)/t11-/m1/s1. The number of piperidine rings is 1. The Hall–Kier alpha value is -1.26. The van der Waals surface area contributed by atoms with Gasteiger partial charge in [-0.25, -0.2) is 4.79 Å². The van der Waals surface area contributed by atoms with E-state index < -0.39 is 6.09 Å². The Morgan fingerprint density at radius 2 is 2.05 bits per heavy atom. The molecule has 1 fully saturated rings. The fraction of sp³-hybridized carbons (Fsp3) is 0.857. The van der Waals surface area contributed by atoms with Crippen LogP contribution in [0.4, 0.5) is 4.79 Å². The summed E-state index contributed by atoms with van der Waals surface area (Å²) in [6.45, 7) is 9.70. The van der Waals surface area contributed by atoms with E-state index in [0.717, 1.165) is 19.4 Å². The van der Waals surface area contributed by atoms with Crippen LogP contribution < -0.4 is 5.32 Å². The van der Waals surface area contributed by atoms with E-state index in [2.05, 4.69) is 26.1 Å². The average Bonchev–Trinajstić information content (AvgIpc) is 2.27. The Balaban J connectivity index is 2.45. The Bertz CT molecular complexity index is 323. The van der Waals surface area contributed by atoms with Crippen molar-refractivity contribution in [1.29, 1.82) is 0 Å². The van der Waals surface area contributed by atoms with Crippen LogP contribution in [0.5, 0.6) is 0 Å². The van der Waals surface area contributed by atoms with Crippen LogP contribution in [0.15, 0.2) is 0 Å². The molecule has 110 valence electrons. The molecular weight excluding hydrogens is 244 g/mol. The number of carbonyl (C=O) groups is 2. The van der Waals surface area contributed by atoms with E-state index in [9.17, 15) is 9.59 Å². The average molecular weight is 270 g/mol. The second kappa shape index (κ2) is 6.78. The second-order valence-corrected chi connectivity index (χ2v) is 6.28. The summed E-state index contributed by atoms with van der Waals surface area (Å²) < 4.78 is 4.87. The predicted molar refractivity (Wildman–Crippen MR) is 73.8 cm³/mol. The highest BCUT2D eigenvalue weighted by molar-refractivity contribution is 5.77. The number of carbonyl (C=O) groups excluding carboxylic acids is 2. The molecule has 5 heteroatoms. The van der Waals surface area contributed by atoms with Crippen molar-refractivity contribution in [3.8, 4) is 0 Å². The van der Waals surface area contributed by atoms with Gasteiger partial charge in [-0.05, 0) is 25.2 Å². The summed E-state index contributed by atoms with van der Waals surface area (Å²) >= 11 is 0. The van der Waals surface area contributed by atoms with Crippen LogP contribution >= 0.6 is 0 Å². The van der Waals surface area contributed by atoms with E-state index >= 15 is 0 Å². The molecular formula is C14H26N2O3. The van der Waals surface area contributed by atoms with Gasteiger partial charge >= 0.3 is 6.09 Å². The van der Waals surface area contributed by atoms with Gasteiger partial charge < -0.3 is 15.0 Å². The third-order valence-electron chi connectivity index (χ3n) is 3.05. The van der Waals surface area contributed by atoms with Crippen molar-refractivity contribution < 1.29 is 14.3 Å². The lowest BCUT2D eigenvalue weighted by Crippen LogP contribution is -2.50. The summed E-state index contributed by atoms with van der Waals surface area (Å²) in [5.41, 5.74) is -0.00139. The summed E-state index contributed by atoms with van der Waals surface area (Å²) in [7, 11) is 0. The molecule has 1 rings (SSSR count). The Morgan fingerprint density at radius 1 is 1.37 bits per heavy atom. The normalized spacial score (nSPS) is 20.0.